The van der Waals surface area contributed by atoms with Gasteiger partial charge >= 0.3 is 0 Å². The second-order valence-electron chi connectivity index (χ2n) is 8.60. The van der Waals surface area contributed by atoms with Crippen LogP contribution in [0, 0.1) is 6.92 Å². The van der Waals surface area contributed by atoms with Gasteiger partial charge in [-0.2, -0.15) is 0 Å². The highest BCUT2D eigenvalue weighted by Crippen LogP contribution is 2.31. The second-order valence-corrected chi connectivity index (χ2v) is 8.60. The number of para-hydroxylation sites is 3. The van der Waals surface area contributed by atoms with E-state index in [-0.39, 0.29) is 18.0 Å². The number of carbonyl (C=O) groups is 3. The average Bonchev–Trinajstić information content (AvgIpc) is 2.94. The monoisotopic (exact) mass is 492 g/mol. The third-order valence-corrected chi connectivity index (χ3v) is 5.93. The molecule has 37 heavy (non-hydrogen) atoms. The van der Waals surface area contributed by atoms with Gasteiger partial charge in [0.2, 0.25) is 6.10 Å². The van der Waals surface area contributed by atoms with Gasteiger partial charge in [0.05, 0.1) is 16.9 Å². The Balaban J connectivity index is 1.35. The summed E-state index contributed by atoms with van der Waals surface area (Å²) in [5.41, 5.74) is 2.73. The molecule has 0 saturated heterocycles. The fourth-order valence-corrected chi connectivity index (χ4v) is 4.04. The lowest BCUT2D eigenvalue weighted by atomic mass is 9.99. The minimum absolute atomic E-state index is 0.0472. The molecule has 7 nitrogen and oxygen atoms in total. The van der Waals surface area contributed by atoms with Crippen LogP contribution in [0.25, 0.3) is 0 Å². The molecular formula is C30H24N2O5. The van der Waals surface area contributed by atoms with E-state index in [0.717, 1.165) is 5.56 Å². The smallest absolute Gasteiger partial charge is 0.269 e. The molecule has 1 aliphatic heterocycles. The summed E-state index contributed by atoms with van der Waals surface area (Å²) in [6.07, 6.45) is -0.877. The Morgan fingerprint density at radius 2 is 1.41 bits per heavy atom. The Hall–Kier alpha value is -4.91. The number of amides is 2. The van der Waals surface area contributed by atoms with Crippen LogP contribution in [0.1, 0.15) is 31.8 Å². The lowest BCUT2D eigenvalue weighted by Gasteiger charge is -2.25. The molecule has 5 rings (SSSR count). The molecule has 184 valence electrons. The van der Waals surface area contributed by atoms with E-state index in [9.17, 15) is 14.4 Å². The maximum absolute atomic E-state index is 13.3. The number of hydrogen-bond donors (Lipinski definition) is 2. The third-order valence-electron chi connectivity index (χ3n) is 5.93. The second kappa shape index (κ2) is 10.4. The lowest BCUT2D eigenvalue weighted by Crippen LogP contribution is -2.40. The van der Waals surface area contributed by atoms with E-state index in [0.29, 0.717) is 34.0 Å². The molecule has 1 heterocycles. The fraction of sp³-hybridized carbons (Fsp3) is 0.100. The van der Waals surface area contributed by atoms with Gasteiger partial charge in [-0.05, 0) is 43.3 Å². The van der Waals surface area contributed by atoms with Crippen molar-refractivity contribution in [2.45, 2.75) is 13.0 Å². The van der Waals surface area contributed by atoms with Crippen LogP contribution in [0.15, 0.2) is 97.1 Å². The number of aryl methyl sites for hydroxylation is 1. The minimum Gasteiger partial charge on any atom is -0.485 e. The van der Waals surface area contributed by atoms with E-state index in [1.165, 1.54) is 0 Å². The summed E-state index contributed by atoms with van der Waals surface area (Å²) in [6, 6.07) is 27.9. The predicted molar refractivity (Wildman–Crippen MR) is 140 cm³/mol. The topological polar surface area (TPSA) is 93.7 Å². The molecule has 4 aromatic carbocycles. The summed E-state index contributed by atoms with van der Waals surface area (Å²) in [7, 11) is 0. The van der Waals surface area contributed by atoms with Crippen LogP contribution in [-0.2, 0) is 4.79 Å². The number of anilines is 2. The molecule has 4 aromatic rings. The van der Waals surface area contributed by atoms with Crippen molar-refractivity contribution in [3.63, 3.8) is 0 Å². The van der Waals surface area contributed by atoms with Crippen molar-refractivity contribution >= 4 is 29.0 Å². The van der Waals surface area contributed by atoms with Gasteiger partial charge in [-0.1, -0.05) is 66.2 Å². The first-order valence-electron chi connectivity index (χ1n) is 11.8. The molecule has 0 fully saturated rings. The van der Waals surface area contributed by atoms with Gasteiger partial charge in [-0.15, -0.1) is 0 Å². The SMILES string of the molecule is Cc1ccc(NC(=O)c2ccccc2NC(=O)C2COc3ccccc3O2)c(C(=O)c2ccccc2)c1. The van der Waals surface area contributed by atoms with Crippen molar-refractivity contribution in [1.29, 1.82) is 0 Å². The predicted octanol–water partition coefficient (Wildman–Crippen LogP) is 5.26. The minimum atomic E-state index is -0.877. The zero-order chi connectivity index (χ0) is 25.8. The van der Waals surface area contributed by atoms with Crippen molar-refractivity contribution in [2.75, 3.05) is 17.2 Å². The van der Waals surface area contributed by atoms with E-state index >= 15 is 0 Å². The summed E-state index contributed by atoms with van der Waals surface area (Å²) in [5, 5.41) is 5.62. The first kappa shape index (κ1) is 23.8. The molecular weight excluding hydrogens is 468 g/mol. The Morgan fingerprint density at radius 3 is 2.22 bits per heavy atom. The Morgan fingerprint density at radius 1 is 0.730 bits per heavy atom. The number of ketones is 1. The highest BCUT2D eigenvalue weighted by Gasteiger charge is 2.28. The van der Waals surface area contributed by atoms with Gasteiger partial charge in [0.1, 0.15) is 6.61 Å². The number of rotatable bonds is 6. The van der Waals surface area contributed by atoms with Crippen LogP contribution in [0.2, 0.25) is 0 Å². The van der Waals surface area contributed by atoms with E-state index < -0.39 is 17.9 Å². The molecule has 7 heteroatoms. The number of carbonyl (C=O) groups excluding carboxylic acids is 3. The van der Waals surface area contributed by atoms with E-state index in [1.807, 2.05) is 25.1 Å². The van der Waals surface area contributed by atoms with Gasteiger partial charge in [0, 0.05) is 11.1 Å². The molecule has 2 amide bonds. The Kier molecular flexibility index (Phi) is 6.68. The van der Waals surface area contributed by atoms with Crippen LogP contribution < -0.4 is 20.1 Å². The molecule has 0 aromatic heterocycles. The quantitative estimate of drug-likeness (QED) is 0.358. The summed E-state index contributed by atoms with van der Waals surface area (Å²) in [5.74, 6) is -0.0471. The third kappa shape index (κ3) is 5.21. The zero-order valence-corrected chi connectivity index (χ0v) is 20.1. The number of nitrogens with one attached hydrogen (secondary N) is 2. The average molecular weight is 493 g/mol. The van der Waals surface area contributed by atoms with Crippen molar-refractivity contribution in [3.05, 3.63) is 119 Å². The maximum Gasteiger partial charge on any atom is 0.269 e. The molecule has 2 N–H and O–H groups in total. The molecule has 0 radical (unpaired) electrons. The number of ether oxygens (including phenoxy) is 2. The van der Waals surface area contributed by atoms with Gasteiger partial charge in [-0.25, -0.2) is 0 Å². The summed E-state index contributed by atoms with van der Waals surface area (Å²) in [6.45, 7) is 1.93. The van der Waals surface area contributed by atoms with Gasteiger partial charge in [0.15, 0.2) is 17.3 Å². The highest BCUT2D eigenvalue weighted by atomic mass is 16.6. The summed E-state index contributed by atoms with van der Waals surface area (Å²) < 4.78 is 11.4. The van der Waals surface area contributed by atoms with Crippen LogP contribution in [0.5, 0.6) is 11.5 Å². The van der Waals surface area contributed by atoms with E-state index in [4.69, 9.17) is 9.47 Å². The summed E-state index contributed by atoms with van der Waals surface area (Å²) >= 11 is 0. The molecule has 0 saturated carbocycles. The number of hydrogen-bond acceptors (Lipinski definition) is 5. The molecule has 1 aliphatic rings. The first-order valence-corrected chi connectivity index (χ1v) is 11.8. The first-order chi connectivity index (χ1) is 18.0. The van der Waals surface area contributed by atoms with Crippen LogP contribution in [-0.4, -0.2) is 30.3 Å². The van der Waals surface area contributed by atoms with E-state index in [1.54, 1.807) is 78.9 Å². The Labute approximate surface area is 214 Å². The fourth-order valence-electron chi connectivity index (χ4n) is 4.04. The lowest BCUT2D eigenvalue weighted by molar-refractivity contribution is -0.125. The van der Waals surface area contributed by atoms with Crippen molar-refractivity contribution in [3.8, 4) is 11.5 Å². The van der Waals surface area contributed by atoms with Crippen LogP contribution >= 0.6 is 0 Å². The van der Waals surface area contributed by atoms with Crippen LogP contribution in [0.4, 0.5) is 11.4 Å². The van der Waals surface area contributed by atoms with E-state index in [2.05, 4.69) is 10.6 Å². The van der Waals surface area contributed by atoms with Gasteiger partial charge < -0.3 is 20.1 Å². The Bertz CT molecular complexity index is 1480. The number of fused-ring (bicyclic) bond motifs is 1. The molecule has 1 unspecified atom stereocenters. The molecule has 0 aliphatic carbocycles. The zero-order valence-electron chi connectivity index (χ0n) is 20.1. The van der Waals surface area contributed by atoms with Gasteiger partial charge in [0.25, 0.3) is 11.8 Å². The highest BCUT2D eigenvalue weighted by molar-refractivity contribution is 6.16. The van der Waals surface area contributed by atoms with Crippen molar-refractivity contribution < 1.29 is 23.9 Å². The maximum atomic E-state index is 13.3. The molecule has 0 bridgehead atoms. The van der Waals surface area contributed by atoms with Crippen molar-refractivity contribution in [2.24, 2.45) is 0 Å². The molecule has 1 atom stereocenters. The standard InChI is InChI=1S/C30H24N2O5/c1-19-15-16-24(22(17-19)28(33)20-9-3-2-4-10-20)31-29(34)21-11-5-6-12-23(21)32-30(35)27-18-36-25-13-7-8-14-26(25)37-27/h2-17,27H,18H2,1H3,(H,31,34)(H,32,35). The molecule has 0 spiro atoms. The van der Waals surface area contributed by atoms with Crippen LogP contribution in [0.3, 0.4) is 0 Å². The summed E-state index contributed by atoms with van der Waals surface area (Å²) in [4.78, 5) is 39.5. The van der Waals surface area contributed by atoms with Gasteiger partial charge in [-0.3, -0.25) is 14.4 Å². The van der Waals surface area contributed by atoms with Crippen molar-refractivity contribution in [1.82, 2.24) is 0 Å². The number of benzene rings is 4. The largest absolute Gasteiger partial charge is 0.485 e. The normalized spacial score (nSPS) is 13.9.